The molecule has 4 aromatic rings. The van der Waals surface area contributed by atoms with Crippen LogP contribution < -0.4 is 20.7 Å². The number of nitrogens with one attached hydrogen (secondary N) is 1. The number of fused-ring (bicyclic) bond motifs is 1. The van der Waals surface area contributed by atoms with Crippen molar-refractivity contribution in [2.24, 2.45) is 5.73 Å². The van der Waals surface area contributed by atoms with Crippen molar-refractivity contribution in [3.8, 4) is 5.75 Å². The van der Waals surface area contributed by atoms with Gasteiger partial charge in [0, 0.05) is 29.8 Å². The van der Waals surface area contributed by atoms with Crippen LogP contribution in [0, 0.1) is 6.92 Å². The molecule has 1 saturated carbocycles. The molecule has 210 valence electrons. The van der Waals surface area contributed by atoms with Crippen LogP contribution >= 0.6 is 0 Å². The first-order valence-corrected chi connectivity index (χ1v) is 13.8. The molecule has 0 saturated heterocycles. The fourth-order valence-corrected chi connectivity index (χ4v) is 4.94. The molecule has 0 radical (unpaired) electrons. The van der Waals surface area contributed by atoms with Crippen molar-refractivity contribution in [2.45, 2.75) is 77.7 Å². The van der Waals surface area contributed by atoms with E-state index in [-0.39, 0.29) is 12.1 Å². The summed E-state index contributed by atoms with van der Waals surface area (Å²) in [6.45, 7) is 7.92. The Bertz CT molecular complexity index is 1460. The molecule has 0 bridgehead atoms. The smallest absolute Gasteiger partial charge is 0.420 e. The maximum Gasteiger partial charge on any atom is 0.420 e. The fourth-order valence-electron chi connectivity index (χ4n) is 4.94. The molecule has 9 nitrogen and oxygen atoms in total. The first-order chi connectivity index (χ1) is 19.2. The molecule has 1 aliphatic carbocycles. The number of ether oxygens (including phenoxy) is 2. The number of carbonyl (C=O) groups is 1. The van der Waals surface area contributed by atoms with Crippen LogP contribution in [0.25, 0.3) is 5.65 Å². The van der Waals surface area contributed by atoms with Crippen LogP contribution in [0.3, 0.4) is 0 Å². The Morgan fingerprint density at radius 2 is 1.82 bits per heavy atom. The average molecular weight is 543 g/mol. The molecule has 0 atom stereocenters. The number of hydrogen-bond donors (Lipinski definition) is 2. The van der Waals surface area contributed by atoms with E-state index >= 15 is 0 Å². The zero-order valence-corrected chi connectivity index (χ0v) is 23.6. The summed E-state index contributed by atoms with van der Waals surface area (Å²) in [5.41, 5.74) is 8.49. The van der Waals surface area contributed by atoms with Crippen molar-refractivity contribution in [1.82, 2.24) is 14.6 Å². The topological polar surface area (TPSA) is 107 Å². The summed E-state index contributed by atoms with van der Waals surface area (Å²) < 4.78 is 13.7. The van der Waals surface area contributed by atoms with Crippen molar-refractivity contribution in [3.05, 3.63) is 78.0 Å². The molecule has 1 amide bonds. The minimum absolute atomic E-state index is 0.249. The molecule has 0 spiro atoms. The van der Waals surface area contributed by atoms with E-state index in [0.717, 1.165) is 36.8 Å². The van der Waals surface area contributed by atoms with E-state index in [4.69, 9.17) is 20.2 Å². The van der Waals surface area contributed by atoms with E-state index in [9.17, 15) is 4.79 Å². The van der Waals surface area contributed by atoms with Gasteiger partial charge in [-0.2, -0.15) is 9.61 Å². The van der Waals surface area contributed by atoms with E-state index in [0.29, 0.717) is 35.3 Å². The molecule has 40 heavy (non-hydrogen) atoms. The van der Waals surface area contributed by atoms with Gasteiger partial charge in [0.2, 0.25) is 0 Å². The van der Waals surface area contributed by atoms with Gasteiger partial charge in [-0.05, 0) is 71.1 Å². The third-order valence-corrected chi connectivity index (χ3v) is 6.97. The SMILES string of the molecule is Cc1c(NC2CCC(N)CC2)nc2ccnn2c1N(C(=O)OC(C)(C)C)c1cccc(OCc2ccccc2)c1. The molecule has 2 aromatic carbocycles. The number of aromatic nitrogens is 3. The van der Waals surface area contributed by atoms with Gasteiger partial charge in [-0.25, -0.2) is 14.7 Å². The van der Waals surface area contributed by atoms with Crippen LogP contribution in [-0.4, -0.2) is 38.4 Å². The number of nitrogens with zero attached hydrogens (tertiary/aromatic N) is 4. The fraction of sp³-hybridized carbons (Fsp3) is 0.387. The second kappa shape index (κ2) is 11.6. The summed E-state index contributed by atoms with van der Waals surface area (Å²) >= 11 is 0. The van der Waals surface area contributed by atoms with E-state index in [1.807, 2.05) is 88.4 Å². The van der Waals surface area contributed by atoms with Crippen LogP contribution in [0.15, 0.2) is 66.9 Å². The molecule has 1 aliphatic rings. The molecule has 9 heteroatoms. The normalized spacial score (nSPS) is 17.4. The number of nitrogens with two attached hydrogens (primary N) is 1. The highest BCUT2D eigenvalue weighted by molar-refractivity contribution is 5.97. The van der Waals surface area contributed by atoms with Crippen molar-refractivity contribution >= 4 is 29.1 Å². The summed E-state index contributed by atoms with van der Waals surface area (Å²) in [4.78, 5) is 20.3. The van der Waals surface area contributed by atoms with E-state index < -0.39 is 11.7 Å². The van der Waals surface area contributed by atoms with Crippen molar-refractivity contribution < 1.29 is 14.3 Å². The summed E-state index contributed by atoms with van der Waals surface area (Å²) in [6, 6.07) is 19.8. The highest BCUT2D eigenvalue weighted by atomic mass is 16.6. The molecule has 0 aliphatic heterocycles. The van der Waals surface area contributed by atoms with E-state index in [1.54, 1.807) is 15.6 Å². The van der Waals surface area contributed by atoms with Gasteiger partial charge in [0.05, 0.1) is 11.9 Å². The predicted molar refractivity (Wildman–Crippen MR) is 157 cm³/mol. The quantitative estimate of drug-likeness (QED) is 0.279. The highest BCUT2D eigenvalue weighted by Gasteiger charge is 2.31. The van der Waals surface area contributed by atoms with Crippen molar-refractivity contribution in [1.29, 1.82) is 0 Å². The Balaban J connectivity index is 1.55. The number of carbonyl (C=O) groups excluding carboxylic acids is 1. The lowest BCUT2D eigenvalue weighted by molar-refractivity contribution is 0.0597. The van der Waals surface area contributed by atoms with Gasteiger partial charge in [0.1, 0.15) is 23.8 Å². The largest absolute Gasteiger partial charge is 0.489 e. The van der Waals surface area contributed by atoms with Gasteiger partial charge >= 0.3 is 6.09 Å². The Hall–Kier alpha value is -4.11. The Kier molecular flexibility index (Phi) is 7.93. The first-order valence-electron chi connectivity index (χ1n) is 13.8. The standard InChI is InChI=1S/C31H38N6O3/c1-21-28(34-24-15-13-23(32)14-16-24)35-27-17-18-33-37(27)29(21)36(30(38)40-31(2,3)4)25-11-8-12-26(19-25)39-20-22-9-6-5-7-10-22/h5-12,17-19,23-24H,13-16,20,32H2,1-4H3,(H,34,35). The minimum atomic E-state index is -0.705. The van der Waals surface area contributed by atoms with E-state index in [2.05, 4.69) is 10.4 Å². The molecule has 3 N–H and O–H groups in total. The number of hydrogen-bond acceptors (Lipinski definition) is 7. The monoisotopic (exact) mass is 542 g/mol. The predicted octanol–water partition coefficient (Wildman–Crippen LogP) is 6.37. The Labute approximate surface area is 235 Å². The lowest BCUT2D eigenvalue weighted by atomic mass is 9.92. The molecule has 1 fully saturated rings. The van der Waals surface area contributed by atoms with Gasteiger partial charge in [0.15, 0.2) is 11.5 Å². The van der Waals surface area contributed by atoms with Gasteiger partial charge in [-0.15, -0.1) is 0 Å². The lowest BCUT2D eigenvalue weighted by Gasteiger charge is -2.31. The van der Waals surface area contributed by atoms with Crippen LogP contribution in [0.5, 0.6) is 5.75 Å². The van der Waals surface area contributed by atoms with E-state index in [1.165, 1.54) is 0 Å². The zero-order valence-electron chi connectivity index (χ0n) is 23.6. The average Bonchev–Trinajstić information content (AvgIpc) is 3.39. The summed E-state index contributed by atoms with van der Waals surface area (Å²) in [6.07, 6.45) is 5.04. The minimum Gasteiger partial charge on any atom is -0.489 e. The van der Waals surface area contributed by atoms with Gasteiger partial charge in [-0.3, -0.25) is 0 Å². The summed E-state index contributed by atoms with van der Waals surface area (Å²) in [5, 5.41) is 8.15. The number of amides is 1. The van der Waals surface area contributed by atoms with Crippen LogP contribution in [0.2, 0.25) is 0 Å². The first kappa shape index (κ1) is 27.5. The second-order valence-corrected chi connectivity index (χ2v) is 11.4. The Morgan fingerprint density at radius 1 is 1.07 bits per heavy atom. The lowest BCUT2D eigenvalue weighted by Crippen LogP contribution is -2.36. The number of anilines is 3. The van der Waals surface area contributed by atoms with Crippen molar-refractivity contribution in [3.63, 3.8) is 0 Å². The molecular formula is C31H38N6O3. The third kappa shape index (κ3) is 6.37. The van der Waals surface area contributed by atoms with Gasteiger partial charge in [0.25, 0.3) is 0 Å². The maximum atomic E-state index is 13.9. The van der Waals surface area contributed by atoms with Crippen molar-refractivity contribution in [2.75, 3.05) is 10.2 Å². The van der Waals surface area contributed by atoms with Crippen LogP contribution in [0.4, 0.5) is 22.1 Å². The number of rotatable bonds is 7. The third-order valence-electron chi connectivity index (χ3n) is 6.97. The van der Waals surface area contributed by atoms with Gasteiger partial charge in [-0.1, -0.05) is 36.4 Å². The second-order valence-electron chi connectivity index (χ2n) is 11.4. The molecule has 2 aromatic heterocycles. The highest BCUT2D eigenvalue weighted by Crippen LogP contribution is 2.36. The molecule has 2 heterocycles. The summed E-state index contributed by atoms with van der Waals surface area (Å²) in [5.74, 6) is 1.91. The molecule has 0 unspecified atom stereocenters. The van der Waals surface area contributed by atoms with Crippen LogP contribution in [-0.2, 0) is 11.3 Å². The molecular weight excluding hydrogens is 504 g/mol. The van der Waals surface area contributed by atoms with Crippen LogP contribution in [0.1, 0.15) is 57.6 Å². The maximum absolute atomic E-state index is 13.9. The Morgan fingerprint density at radius 3 is 2.55 bits per heavy atom. The summed E-state index contributed by atoms with van der Waals surface area (Å²) in [7, 11) is 0. The van der Waals surface area contributed by atoms with Gasteiger partial charge < -0.3 is 20.5 Å². The molecule has 5 rings (SSSR count). The zero-order chi connectivity index (χ0) is 28.3. The number of benzene rings is 2.